The normalized spacial score (nSPS) is 11.8. The van der Waals surface area contributed by atoms with Gasteiger partial charge in [-0.15, -0.1) is 11.3 Å². The van der Waals surface area contributed by atoms with Crippen LogP contribution in [0.1, 0.15) is 28.3 Å². The predicted octanol–water partition coefficient (Wildman–Crippen LogP) is 6.09. The van der Waals surface area contributed by atoms with Crippen molar-refractivity contribution in [1.82, 2.24) is 4.98 Å². The third-order valence-electron chi connectivity index (χ3n) is 5.47. The molecule has 0 aliphatic rings. The second kappa shape index (κ2) is 9.23. The molecule has 0 aliphatic carbocycles. The van der Waals surface area contributed by atoms with Crippen molar-refractivity contribution in [3.8, 4) is 22.6 Å². The number of nitrogen functional groups attached to an aromatic ring is 1. The minimum Gasteiger partial charge on any atom is -0.497 e. The number of hydrogen-bond acceptors (Lipinski definition) is 5. The molecule has 0 fully saturated rings. The van der Waals surface area contributed by atoms with E-state index >= 15 is 0 Å². The van der Waals surface area contributed by atoms with Gasteiger partial charge in [0.15, 0.2) is 5.13 Å². The van der Waals surface area contributed by atoms with E-state index in [1.165, 1.54) is 28.0 Å². The number of hydrogen-bond donors (Lipinski definition) is 1. The molecule has 0 spiro atoms. The average Bonchev–Trinajstić information content (AvgIpc) is 3.24. The van der Waals surface area contributed by atoms with E-state index in [9.17, 15) is 0 Å². The molecule has 0 amide bonds. The van der Waals surface area contributed by atoms with Gasteiger partial charge in [-0.3, -0.25) is 0 Å². The molecule has 0 saturated carbocycles. The maximum Gasteiger partial charge on any atom is 0.180 e. The summed E-state index contributed by atoms with van der Waals surface area (Å²) in [6.07, 6.45) is 0.834. The van der Waals surface area contributed by atoms with Crippen LogP contribution in [0.15, 0.2) is 72.1 Å². The highest BCUT2D eigenvalue weighted by molar-refractivity contribution is 7.13. The second-order valence-electron chi connectivity index (χ2n) is 7.54. The van der Waals surface area contributed by atoms with E-state index in [1.54, 1.807) is 14.2 Å². The Morgan fingerprint density at radius 3 is 2.29 bits per heavy atom. The van der Waals surface area contributed by atoms with Gasteiger partial charge in [0.2, 0.25) is 0 Å². The number of methoxy groups -OCH3 is 2. The smallest absolute Gasteiger partial charge is 0.180 e. The SMILES string of the molecule is COc1ccc(C(Cc2ccc(-c3cc(C)ccc3OC)cc2)c2csc(N)n2)cc1. The van der Waals surface area contributed by atoms with Crippen molar-refractivity contribution in [2.75, 3.05) is 20.0 Å². The molecule has 0 bridgehead atoms. The summed E-state index contributed by atoms with van der Waals surface area (Å²) >= 11 is 1.48. The van der Waals surface area contributed by atoms with Crippen LogP contribution in [0.2, 0.25) is 0 Å². The number of thiazole rings is 1. The Morgan fingerprint density at radius 2 is 1.68 bits per heavy atom. The van der Waals surface area contributed by atoms with Crippen LogP contribution in [0.25, 0.3) is 11.1 Å². The standard InChI is InChI=1S/C26H26N2O2S/c1-17-4-13-25(30-3)23(14-17)20-7-5-18(6-8-20)15-22(24-16-31-26(27)28-24)19-9-11-21(29-2)12-10-19/h4-14,16,22H,15H2,1-3H3,(H2,27,28). The van der Waals surface area contributed by atoms with E-state index in [0.29, 0.717) is 5.13 Å². The van der Waals surface area contributed by atoms with E-state index in [1.807, 2.05) is 18.2 Å². The first-order valence-electron chi connectivity index (χ1n) is 10.2. The monoisotopic (exact) mass is 430 g/mol. The zero-order valence-electron chi connectivity index (χ0n) is 18.0. The molecule has 3 aromatic carbocycles. The van der Waals surface area contributed by atoms with Gasteiger partial charge >= 0.3 is 0 Å². The molecule has 4 aromatic rings. The Kier molecular flexibility index (Phi) is 6.23. The van der Waals surface area contributed by atoms with Crippen molar-refractivity contribution < 1.29 is 9.47 Å². The molecule has 4 nitrogen and oxygen atoms in total. The van der Waals surface area contributed by atoms with E-state index in [0.717, 1.165) is 34.7 Å². The fraction of sp³-hybridized carbons (Fsp3) is 0.192. The Hall–Kier alpha value is -3.31. The minimum absolute atomic E-state index is 0.124. The van der Waals surface area contributed by atoms with Crippen LogP contribution in [-0.2, 0) is 6.42 Å². The lowest BCUT2D eigenvalue weighted by Gasteiger charge is -2.17. The number of nitrogens with two attached hydrogens (primary N) is 1. The zero-order valence-corrected chi connectivity index (χ0v) is 18.8. The molecular formula is C26H26N2O2S. The highest BCUT2D eigenvalue weighted by Gasteiger charge is 2.18. The lowest BCUT2D eigenvalue weighted by atomic mass is 9.89. The number of rotatable bonds is 7. The van der Waals surface area contributed by atoms with Crippen molar-refractivity contribution in [2.45, 2.75) is 19.3 Å². The summed E-state index contributed by atoms with van der Waals surface area (Å²) in [7, 11) is 3.39. The first kappa shape index (κ1) is 20.9. The van der Waals surface area contributed by atoms with Crippen molar-refractivity contribution in [3.05, 3.63) is 94.5 Å². The van der Waals surface area contributed by atoms with Gasteiger partial charge in [0.1, 0.15) is 11.5 Å². The van der Waals surface area contributed by atoms with Gasteiger partial charge in [0.25, 0.3) is 0 Å². The van der Waals surface area contributed by atoms with Gasteiger partial charge in [0.05, 0.1) is 19.9 Å². The fourth-order valence-electron chi connectivity index (χ4n) is 3.79. The zero-order chi connectivity index (χ0) is 21.8. The second-order valence-corrected chi connectivity index (χ2v) is 8.43. The molecule has 0 aliphatic heterocycles. The summed E-state index contributed by atoms with van der Waals surface area (Å²) in [5.74, 6) is 1.85. The molecule has 1 atom stereocenters. The van der Waals surface area contributed by atoms with E-state index < -0.39 is 0 Å². The molecule has 1 heterocycles. The van der Waals surface area contributed by atoms with Gasteiger partial charge in [0, 0.05) is 16.9 Å². The van der Waals surface area contributed by atoms with Crippen LogP contribution in [0.5, 0.6) is 11.5 Å². The Balaban J connectivity index is 1.63. The van der Waals surface area contributed by atoms with Gasteiger partial charge < -0.3 is 15.2 Å². The Labute approximate surface area is 187 Å². The number of nitrogens with zero attached hydrogens (tertiary/aromatic N) is 1. The molecule has 0 saturated heterocycles. The maximum absolute atomic E-state index is 5.93. The van der Waals surface area contributed by atoms with Crippen molar-refractivity contribution in [1.29, 1.82) is 0 Å². The maximum atomic E-state index is 5.93. The largest absolute Gasteiger partial charge is 0.497 e. The van der Waals surface area contributed by atoms with E-state index in [-0.39, 0.29) is 5.92 Å². The Bertz CT molecular complexity index is 1150. The Morgan fingerprint density at radius 1 is 0.935 bits per heavy atom. The van der Waals surface area contributed by atoms with Crippen LogP contribution in [0.3, 0.4) is 0 Å². The highest BCUT2D eigenvalue weighted by atomic mass is 32.1. The molecule has 1 unspecified atom stereocenters. The molecule has 1 aromatic heterocycles. The van der Waals surface area contributed by atoms with Gasteiger partial charge in [-0.1, -0.05) is 48.0 Å². The fourth-order valence-corrected chi connectivity index (χ4v) is 4.41. The predicted molar refractivity (Wildman–Crippen MR) is 128 cm³/mol. The van der Waals surface area contributed by atoms with Crippen LogP contribution in [-0.4, -0.2) is 19.2 Å². The van der Waals surface area contributed by atoms with Gasteiger partial charge in [-0.2, -0.15) is 0 Å². The van der Waals surface area contributed by atoms with Crippen LogP contribution >= 0.6 is 11.3 Å². The number of aryl methyl sites for hydroxylation is 1. The minimum atomic E-state index is 0.124. The quantitative estimate of drug-likeness (QED) is 0.385. The van der Waals surface area contributed by atoms with Crippen LogP contribution in [0.4, 0.5) is 5.13 Å². The molecule has 158 valence electrons. The van der Waals surface area contributed by atoms with Crippen molar-refractivity contribution in [3.63, 3.8) is 0 Å². The lowest BCUT2D eigenvalue weighted by Crippen LogP contribution is -2.06. The third kappa shape index (κ3) is 4.72. The van der Waals surface area contributed by atoms with Gasteiger partial charge in [-0.05, 0) is 54.3 Å². The first-order chi connectivity index (χ1) is 15.1. The topological polar surface area (TPSA) is 57.4 Å². The van der Waals surface area contributed by atoms with Crippen LogP contribution < -0.4 is 15.2 Å². The number of ether oxygens (including phenoxy) is 2. The molecule has 2 N–H and O–H groups in total. The van der Waals surface area contributed by atoms with Crippen LogP contribution in [0, 0.1) is 6.92 Å². The van der Waals surface area contributed by atoms with Crippen molar-refractivity contribution in [2.24, 2.45) is 0 Å². The van der Waals surface area contributed by atoms with E-state index in [2.05, 4.69) is 65.8 Å². The summed E-state index contributed by atoms with van der Waals surface area (Å²) in [5.41, 5.74) is 12.8. The number of anilines is 1. The first-order valence-corrected chi connectivity index (χ1v) is 11.0. The summed E-state index contributed by atoms with van der Waals surface area (Å²) < 4.78 is 10.9. The summed E-state index contributed by atoms with van der Waals surface area (Å²) in [4.78, 5) is 4.57. The summed E-state index contributed by atoms with van der Waals surface area (Å²) in [6.45, 7) is 2.09. The number of benzene rings is 3. The van der Waals surface area contributed by atoms with Crippen molar-refractivity contribution >= 4 is 16.5 Å². The molecule has 5 heteroatoms. The molecule has 0 radical (unpaired) electrons. The average molecular weight is 431 g/mol. The third-order valence-corrected chi connectivity index (χ3v) is 6.17. The number of aromatic nitrogens is 1. The lowest BCUT2D eigenvalue weighted by molar-refractivity contribution is 0.414. The molecule has 4 rings (SSSR count). The molecule has 31 heavy (non-hydrogen) atoms. The summed E-state index contributed by atoms with van der Waals surface area (Å²) in [5, 5.41) is 2.64. The summed E-state index contributed by atoms with van der Waals surface area (Å²) in [6, 6.07) is 23.1. The highest BCUT2D eigenvalue weighted by Crippen LogP contribution is 2.34. The van der Waals surface area contributed by atoms with Gasteiger partial charge in [-0.25, -0.2) is 4.98 Å². The van der Waals surface area contributed by atoms with E-state index in [4.69, 9.17) is 15.2 Å². The molecular weight excluding hydrogens is 404 g/mol.